The smallest absolute Gasteiger partial charge is 0.362 e. The molecular weight excluding hydrogens is 474 g/mol. The molecule has 1 aromatic carbocycles. The predicted molar refractivity (Wildman–Crippen MR) is 125 cm³/mol. The topological polar surface area (TPSA) is 78.7 Å². The van der Waals surface area contributed by atoms with Crippen molar-refractivity contribution in [3.63, 3.8) is 0 Å². The Kier molecular flexibility index (Phi) is 5.35. The number of carbonyl (C=O) groups is 1. The third kappa shape index (κ3) is 3.53. The number of allylic oxidation sites excluding steroid dienone is 1. The number of fused-ring (bicyclic) bond motifs is 1. The largest absolute Gasteiger partial charge is 0.435 e. The maximum atomic E-state index is 15.0. The van der Waals surface area contributed by atoms with E-state index >= 15 is 0 Å². The molecule has 2 aromatic rings. The Bertz CT molecular complexity index is 1370. The third-order valence-electron chi connectivity index (χ3n) is 7.13. The standard InChI is InChI=1S/C26H25F4N5O/c1-5-25(15-8-6-7-14(11-15)16-9-10-31-13(2)20(16)27)18-17(12-24(3,4)33-23(18)36)32-22-19(25)21(34-35-22)26(28,29)30/h6-11,22,32H,5,12H2,1-4H3,(H,33,36). The first-order valence-corrected chi connectivity index (χ1v) is 11.7. The number of amides is 1. The van der Waals surface area contributed by atoms with Crippen LogP contribution in [0.5, 0.6) is 0 Å². The lowest BCUT2D eigenvalue weighted by molar-refractivity contribution is -0.120. The molecule has 5 rings (SSSR count). The van der Waals surface area contributed by atoms with Gasteiger partial charge in [0.25, 0.3) is 5.91 Å². The minimum atomic E-state index is -4.77. The Morgan fingerprint density at radius 1 is 1.19 bits per heavy atom. The zero-order valence-corrected chi connectivity index (χ0v) is 20.2. The lowest BCUT2D eigenvalue weighted by atomic mass is 9.61. The molecule has 0 saturated heterocycles. The van der Waals surface area contributed by atoms with Crippen LogP contribution >= 0.6 is 0 Å². The van der Waals surface area contributed by atoms with Crippen LogP contribution in [0.1, 0.15) is 44.9 Å². The van der Waals surface area contributed by atoms with E-state index in [2.05, 4.69) is 25.8 Å². The second kappa shape index (κ2) is 7.97. The maximum absolute atomic E-state index is 15.0. The zero-order valence-electron chi connectivity index (χ0n) is 20.2. The highest BCUT2D eigenvalue weighted by Gasteiger charge is 2.57. The molecule has 36 heavy (non-hydrogen) atoms. The van der Waals surface area contributed by atoms with E-state index in [0.717, 1.165) is 0 Å². The van der Waals surface area contributed by atoms with Gasteiger partial charge in [0.15, 0.2) is 17.7 Å². The van der Waals surface area contributed by atoms with E-state index in [-0.39, 0.29) is 28.8 Å². The second-order valence-electron chi connectivity index (χ2n) is 9.99. The number of halogens is 4. The highest BCUT2D eigenvalue weighted by molar-refractivity contribution is 6.00. The molecule has 0 radical (unpaired) electrons. The highest BCUT2D eigenvalue weighted by Crippen LogP contribution is 2.55. The molecule has 188 valence electrons. The van der Waals surface area contributed by atoms with Crippen molar-refractivity contribution in [3.8, 4) is 11.1 Å². The first kappa shape index (κ1) is 24.1. The zero-order chi connectivity index (χ0) is 26.0. The Labute approximate surface area is 205 Å². The maximum Gasteiger partial charge on any atom is 0.435 e. The van der Waals surface area contributed by atoms with E-state index in [0.29, 0.717) is 23.2 Å². The number of alkyl halides is 3. The molecule has 2 unspecified atom stereocenters. The summed E-state index contributed by atoms with van der Waals surface area (Å²) in [4.78, 5) is 17.5. The van der Waals surface area contributed by atoms with Gasteiger partial charge in [-0.3, -0.25) is 9.78 Å². The fraction of sp³-hybridized carbons (Fsp3) is 0.385. The minimum absolute atomic E-state index is 0.116. The van der Waals surface area contributed by atoms with Crippen LogP contribution in [0.15, 0.2) is 69.3 Å². The van der Waals surface area contributed by atoms with Crippen LogP contribution in [0, 0.1) is 12.7 Å². The molecule has 0 fully saturated rings. The first-order valence-electron chi connectivity index (χ1n) is 11.7. The number of rotatable bonds is 3. The SMILES string of the molecule is CCC1(c2cccc(-c3ccnc(C)c3F)c2)C2=C(CC(C)(C)NC2=O)NC2N=NC(C(F)(F)F)=C21. The Balaban J connectivity index is 1.83. The number of hydrogen-bond donors (Lipinski definition) is 2. The Morgan fingerprint density at radius 3 is 2.64 bits per heavy atom. The van der Waals surface area contributed by atoms with Crippen molar-refractivity contribution in [2.24, 2.45) is 10.2 Å². The number of hydrogen-bond acceptors (Lipinski definition) is 5. The molecule has 10 heteroatoms. The normalized spacial score (nSPS) is 24.9. The number of pyridine rings is 1. The van der Waals surface area contributed by atoms with Crippen LogP contribution in [0.2, 0.25) is 0 Å². The molecule has 6 nitrogen and oxygen atoms in total. The van der Waals surface area contributed by atoms with Gasteiger partial charge in [-0.15, -0.1) is 5.11 Å². The molecule has 0 saturated carbocycles. The summed E-state index contributed by atoms with van der Waals surface area (Å²) in [6.07, 6.45) is -3.84. The van der Waals surface area contributed by atoms with Crippen LogP contribution < -0.4 is 10.6 Å². The van der Waals surface area contributed by atoms with Gasteiger partial charge in [-0.2, -0.15) is 18.3 Å². The fourth-order valence-corrected chi connectivity index (χ4v) is 5.65. The molecule has 3 aliphatic rings. The van der Waals surface area contributed by atoms with Crippen LogP contribution in [0.4, 0.5) is 17.6 Å². The van der Waals surface area contributed by atoms with E-state index in [4.69, 9.17) is 0 Å². The van der Waals surface area contributed by atoms with Crippen LogP contribution in [-0.2, 0) is 10.2 Å². The Morgan fingerprint density at radius 2 is 1.94 bits per heavy atom. The van der Waals surface area contributed by atoms with Gasteiger partial charge in [-0.25, -0.2) is 4.39 Å². The van der Waals surface area contributed by atoms with E-state index in [1.165, 1.54) is 12.3 Å². The van der Waals surface area contributed by atoms with Gasteiger partial charge in [-0.1, -0.05) is 25.1 Å². The molecule has 1 aromatic heterocycles. The summed E-state index contributed by atoms with van der Waals surface area (Å²) in [7, 11) is 0. The number of aryl methyl sites for hydroxylation is 1. The predicted octanol–water partition coefficient (Wildman–Crippen LogP) is 5.61. The van der Waals surface area contributed by atoms with Crippen molar-refractivity contribution in [1.82, 2.24) is 15.6 Å². The van der Waals surface area contributed by atoms with Crippen LogP contribution in [0.25, 0.3) is 11.1 Å². The summed E-state index contributed by atoms with van der Waals surface area (Å²) in [6.45, 7) is 6.98. The quantitative estimate of drug-likeness (QED) is 0.539. The lowest BCUT2D eigenvalue weighted by Crippen LogP contribution is -2.58. The molecule has 0 aliphatic carbocycles. The molecule has 0 bridgehead atoms. The van der Waals surface area contributed by atoms with Crippen molar-refractivity contribution >= 4 is 5.91 Å². The molecule has 3 aliphatic heterocycles. The number of benzene rings is 1. The summed E-state index contributed by atoms with van der Waals surface area (Å²) in [5.74, 6) is -0.965. The second-order valence-corrected chi connectivity index (χ2v) is 9.99. The molecule has 0 spiro atoms. The highest BCUT2D eigenvalue weighted by atomic mass is 19.4. The number of nitrogens with one attached hydrogen (secondary N) is 2. The first-order chi connectivity index (χ1) is 16.9. The van der Waals surface area contributed by atoms with Crippen molar-refractivity contribution in [2.45, 2.75) is 63.8 Å². The van der Waals surface area contributed by atoms with E-state index in [9.17, 15) is 22.4 Å². The van der Waals surface area contributed by atoms with Crippen molar-refractivity contribution in [2.75, 3.05) is 0 Å². The van der Waals surface area contributed by atoms with Gasteiger partial charge in [0.05, 0.1) is 16.7 Å². The molecular formula is C26H25F4N5O. The van der Waals surface area contributed by atoms with E-state index in [1.54, 1.807) is 38.1 Å². The number of carbonyl (C=O) groups excluding carboxylic acids is 1. The van der Waals surface area contributed by atoms with Gasteiger partial charge in [0.1, 0.15) is 0 Å². The molecule has 4 heterocycles. The van der Waals surface area contributed by atoms with Gasteiger partial charge < -0.3 is 10.6 Å². The fourth-order valence-electron chi connectivity index (χ4n) is 5.65. The number of nitrogens with zero attached hydrogens (tertiary/aromatic N) is 3. The van der Waals surface area contributed by atoms with Crippen LogP contribution in [0.3, 0.4) is 0 Å². The number of azo groups is 1. The molecule has 1 amide bonds. The monoisotopic (exact) mass is 499 g/mol. The summed E-state index contributed by atoms with van der Waals surface area (Å²) in [5.41, 5.74) is -1.16. The van der Waals surface area contributed by atoms with E-state index in [1.807, 2.05) is 13.8 Å². The van der Waals surface area contributed by atoms with Crippen LogP contribution in [-0.4, -0.2) is 28.8 Å². The molecule has 2 atom stereocenters. The van der Waals surface area contributed by atoms with Gasteiger partial charge in [-0.05, 0) is 50.5 Å². The van der Waals surface area contributed by atoms with Crippen molar-refractivity contribution in [1.29, 1.82) is 0 Å². The van der Waals surface area contributed by atoms with Gasteiger partial charge in [0, 0.05) is 35.0 Å². The average molecular weight is 500 g/mol. The van der Waals surface area contributed by atoms with Gasteiger partial charge in [0.2, 0.25) is 0 Å². The van der Waals surface area contributed by atoms with Crippen molar-refractivity contribution in [3.05, 3.63) is 76.1 Å². The third-order valence-corrected chi connectivity index (χ3v) is 7.13. The summed E-state index contributed by atoms with van der Waals surface area (Å²) in [5, 5.41) is 13.5. The summed E-state index contributed by atoms with van der Waals surface area (Å²) >= 11 is 0. The minimum Gasteiger partial charge on any atom is -0.362 e. The van der Waals surface area contributed by atoms with E-state index < -0.39 is 40.7 Å². The summed E-state index contributed by atoms with van der Waals surface area (Å²) < 4.78 is 57.6. The summed E-state index contributed by atoms with van der Waals surface area (Å²) in [6, 6.07) is 8.20. The van der Waals surface area contributed by atoms with Gasteiger partial charge >= 0.3 is 6.18 Å². The molecule has 2 N–H and O–H groups in total. The lowest BCUT2D eigenvalue weighted by Gasteiger charge is -2.48. The Hall–Kier alpha value is -3.56. The number of aromatic nitrogens is 1. The van der Waals surface area contributed by atoms with Crippen molar-refractivity contribution < 1.29 is 22.4 Å². The average Bonchev–Trinajstić information content (AvgIpc) is 3.23.